The topological polar surface area (TPSA) is 76.9 Å². The average Bonchev–Trinajstić information content (AvgIpc) is 2.74. The van der Waals surface area contributed by atoms with E-state index in [1.54, 1.807) is 20.2 Å². The van der Waals surface area contributed by atoms with Crippen LogP contribution in [0.3, 0.4) is 0 Å². The lowest BCUT2D eigenvalue weighted by atomic mass is 10.4. The number of sulfonamides is 1. The maximum absolute atomic E-state index is 11.9. The minimum Gasteiger partial charge on any atom is -0.275 e. The van der Waals surface area contributed by atoms with Crippen LogP contribution in [-0.2, 0) is 17.1 Å². The fourth-order valence-corrected chi connectivity index (χ4v) is 3.65. The monoisotopic (exact) mass is 292 g/mol. The van der Waals surface area contributed by atoms with Crippen molar-refractivity contribution in [2.75, 3.05) is 4.72 Å². The van der Waals surface area contributed by atoms with Gasteiger partial charge in [0.1, 0.15) is 0 Å². The molecule has 0 unspecified atom stereocenters. The molecular formula is C8H9ClN4O2S2. The molecule has 0 atom stereocenters. The molecule has 2 aromatic rings. The number of aromatic nitrogens is 3. The van der Waals surface area contributed by atoms with Crippen LogP contribution in [0.25, 0.3) is 0 Å². The molecule has 0 aliphatic carbocycles. The van der Waals surface area contributed by atoms with Crippen LogP contribution in [0.15, 0.2) is 16.6 Å². The Kier molecular flexibility index (Phi) is 3.11. The average molecular weight is 293 g/mol. The van der Waals surface area contributed by atoms with Crippen molar-refractivity contribution in [2.45, 2.75) is 11.1 Å². The lowest BCUT2D eigenvalue weighted by Crippen LogP contribution is -2.11. The molecule has 6 nitrogen and oxygen atoms in total. The first kappa shape index (κ1) is 12.3. The number of aryl methyl sites for hydroxylation is 2. The molecule has 0 fully saturated rings. The van der Waals surface area contributed by atoms with E-state index >= 15 is 0 Å². The van der Waals surface area contributed by atoms with Crippen molar-refractivity contribution >= 4 is 38.6 Å². The summed E-state index contributed by atoms with van der Waals surface area (Å²) in [6.07, 6.45) is 2.82. The number of anilines is 1. The molecule has 0 aliphatic heterocycles. The predicted octanol–water partition coefficient (Wildman–Crippen LogP) is 1.64. The van der Waals surface area contributed by atoms with Crippen molar-refractivity contribution in [3.8, 4) is 0 Å². The molecule has 2 aromatic heterocycles. The van der Waals surface area contributed by atoms with E-state index in [4.69, 9.17) is 11.6 Å². The van der Waals surface area contributed by atoms with Gasteiger partial charge in [-0.1, -0.05) is 22.9 Å². The third-order valence-electron chi connectivity index (χ3n) is 1.98. The number of hydrogen-bond acceptors (Lipinski definition) is 5. The Morgan fingerprint density at radius 2 is 2.24 bits per heavy atom. The minimum absolute atomic E-state index is 0.0748. The highest BCUT2D eigenvalue weighted by molar-refractivity contribution is 7.94. The van der Waals surface area contributed by atoms with Gasteiger partial charge in [-0.3, -0.25) is 9.40 Å². The molecule has 2 rings (SSSR count). The molecular weight excluding hydrogens is 284 g/mol. The van der Waals surface area contributed by atoms with Gasteiger partial charge in [-0.15, -0.1) is 0 Å². The van der Waals surface area contributed by atoms with E-state index in [0.29, 0.717) is 11.4 Å². The Hall–Kier alpha value is -1.12. The molecule has 17 heavy (non-hydrogen) atoms. The van der Waals surface area contributed by atoms with E-state index in [2.05, 4.69) is 14.8 Å². The highest BCUT2D eigenvalue weighted by atomic mass is 35.5. The Balaban J connectivity index is 2.32. The maximum atomic E-state index is 11.9. The molecule has 0 spiro atoms. The Bertz CT molecular complexity index is 646. The highest BCUT2D eigenvalue weighted by Gasteiger charge is 2.19. The van der Waals surface area contributed by atoms with Gasteiger partial charge in [-0.2, -0.15) is 5.10 Å². The zero-order chi connectivity index (χ0) is 12.6. The van der Waals surface area contributed by atoms with Crippen LogP contribution in [-0.4, -0.2) is 23.2 Å². The number of nitrogens with one attached hydrogen (secondary N) is 1. The van der Waals surface area contributed by atoms with E-state index < -0.39 is 10.0 Å². The first-order valence-corrected chi connectivity index (χ1v) is 7.20. The molecule has 0 aliphatic rings. The van der Waals surface area contributed by atoms with Gasteiger partial charge in [0.25, 0.3) is 10.0 Å². The van der Waals surface area contributed by atoms with Crippen molar-refractivity contribution in [3.05, 3.63) is 22.6 Å². The predicted molar refractivity (Wildman–Crippen MR) is 65.9 cm³/mol. The SMILES string of the molecule is Cc1nn(C)cc1NS(=O)(=O)c1cnc(Cl)s1. The van der Waals surface area contributed by atoms with Crippen LogP contribution in [0, 0.1) is 6.92 Å². The fraction of sp³-hybridized carbons (Fsp3) is 0.250. The van der Waals surface area contributed by atoms with E-state index in [9.17, 15) is 8.42 Å². The lowest BCUT2D eigenvalue weighted by molar-refractivity contribution is 0.603. The first-order chi connectivity index (χ1) is 7.88. The van der Waals surface area contributed by atoms with Gasteiger partial charge in [0, 0.05) is 13.2 Å². The van der Waals surface area contributed by atoms with Crippen molar-refractivity contribution in [2.24, 2.45) is 7.05 Å². The molecule has 9 heteroatoms. The molecule has 0 bridgehead atoms. The van der Waals surface area contributed by atoms with Gasteiger partial charge in [-0.25, -0.2) is 13.4 Å². The van der Waals surface area contributed by atoms with Gasteiger partial charge in [0.2, 0.25) is 0 Å². The van der Waals surface area contributed by atoms with Gasteiger partial charge >= 0.3 is 0 Å². The zero-order valence-electron chi connectivity index (χ0n) is 9.01. The standard InChI is InChI=1S/C8H9ClN4O2S2/c1-5-6(4-13(2)11-5)12-17(14,15)7-3-10-8(9)16-7/h3-4,12H,1-2H3. The molecule has 0 saturated carbocycles. The Morgan fingerprint density at radius 1 is 1.53 bits per heavy atom. The van der Waals surface area contributed by atoms with Crippen LogP contribution in [0.2, 0.25) is 4.47 Å². The lowest BCUT2D eigenvalue weighted by Gasteiger charge is -2.03. The third-order valence-corrected chi connectivity index (χ3v) is 4.92. The molecule has 0 amide bonds. The van der Waals surface area contributed by atoms with Crippen molar-refractivity contribution in [1.29, 1.82) is 0 Å². The summed E-state index contributed by atoms with van der Waals surface area (Å²) in [4.78, 5) is 3.70. The second-order valence-electron chi connectivity index (χ2n) is 3.34. The molecule has 2 heterocycles. The van der Waals surface area contributed by atoms with Crippen molar-refractivity contribution in [1.82, 2.24) is 14.8 Å². The number of thiazole rings is 1. The Morgan fingerprint density at radius 3 is 2.71 bits per heavy atom. The highest BCUT2D eigenvalue weighted by Crippen LogP contribution is 2.25. The van der Waals surface area contributed by atoms with Crippen LogP contribution >= 0.6 is 22.9 Å². The van der Waals surface area contributed by atoms with Crippen LogP contribution in [0.4, 0.5) is 5.69 Å². The van der Waals surface area contributed by atoms with E-state index in [-0.39, 0.29) is 8.68 Å². The molecule has 0 radical (unpaired) electrons. The van der Waals surface area contributed by atoms with Crippen molar-refractivity contribution in [3.63, 3.8) is 0 Å². The summed E-state index contributed by atoms with van der Waals surface area (Å²) in [5, 5.41) is 4.05. The van der Waals surface area contributed by atoms with Gasteiger partial charge < -0.3 is 0 Å². The summed E-state index contributed by atoms with van der Waals surface area (Å²) in [7, 11) is -1.92. The fourth-order valence-electron chi connectivity index (χ4n) is 1.26. The summed E-state index contributed by atoms with van der Waals surface area (Å²) in [6, 6.07) is 0. The summed E-state index contributed by atoms with van der Waals surface area (Å²) >= 11 is 6.51. The normalized spacial score (nSPS) is 11.7. The number of hydrogen-bond donors (Lipinski definition) is 1. The molecule has 1 N–H and O–H groups in total. The van der Waals surface area contributed by atoms with Gasteiger partial charge in [0.15, 0.2) is 8.68 Å². The smallest absolute Gasteiger partial charge is 0.273 e. The second kappa shape index (κ2) is 4.28. The summed E-state index contributed by atoms with van der Waals surface area (Å²) in [5.74, 6) is 0. The Labute approximate surface area is 107 Å². The summed E-state index contributed by atoms with van der Waals surface area (Å²) in [5.41, 5.74) is 1.05. The van der Waals surface area contributed by atoms with E-state index in [1.807, 2.05) is 0 Å². The first-order valence-electron chi connectivity index (χ1n) is 4.53. The number of halogens is 1. The maximum Gasteiger partial charge on any atom is 0.273 e. The summed E-state index contributed by atoms with van der Waals surface area (Å²) in [6.45, 7) is 1.72. The van der Waals surface area contributed by atoms with Crippen LogP contribution < -0.4 is 4.72 Å². The number of rotatable bonds is 3. The molecule has 0 saturated heterocycles. The van der Waals surface area contributed by atoms with Crippen LogP contribution in [0.5, 0.6) is 0 Å². The van der Waals surface area contributed by atoms with E-state index in [1.165, 1.54) is 10.9 Å². The minimum atomic E-state index is -3.63. The quantitative estimate of drug-likeness (QED) is 0.933. The van der Waals surface area contributed by atoms with Gasteiger partial charge in [0.05, 0.1) is 17.6 Å². The van der Waals surface area contributed by atoms with Crippen molar-refractivity contribution < 1.29 is 8.42 Å². The van der Waals surface area contributed by atoms with Gasteiger partial charge in [-0.05, 0) is 6.92 Å². The third kappa shape index (κ3) is 2.59. The molecule has 92 valence electrons. The summed E-state index contributed by atoms with van der Waals surface area (Å²) < 4.78 is 28.1. The largest absolute Gasteiger partial charge is 0.275 e. The van der Waals surface area contributed by atoms with E-state index in [0.717, 1.165) is 11.3 Å². The van der Waals surface area contributed by atoms with Crippen LogP contribution in [0.1, 0.15) is 5.69 Å². The molecule has 0 aromatic carbocycles. The zero-order valence-corrected chi connectivity index (χ0v) is 11.4. The second-order valence-corrected chi connectivity index (χ2v) is 6.86. The number of nitrogens with zero attached hydrogens (tertiary/aromatic N) is 3.